The maximum atomic E-state index is 13.3. The molecule has 0 atom stereocenters. The molecule has 2 amide bonds. The number of aryl methyl sites for hydroxylation is 2. The minimum atomic E-state index is -0.282. The van der Waals surface area contributed by atoms with E-state index in [4.69, 9.17) is 0 Å². The van der Waals surface area contributed by atoms with E-state index in [1.165, 1.54) is 10.8 Å². The number of benzene rings is 2. The van der Waals surface area contributed by atoms with Gasteiger partial charge in [-0.2, -0.15) is 5.10 Å². The average molecular weight is 456 g/mol. The van der Waals surface area contributed by atoms with Crippen molar-refractivity contribution in [3.05, 3.63) is 98.7 Å². The molecule has 34 heavy (non-hydrogen) atoms. The van der Waals surface area contributed by atoms with Crippen molar-refractivity contribution in [2.24, 2.45) is 0 Å². The number of nitrogens with zero attached hydrogens (tertiary/aromatic N) is 3. The van der Waals surface area contributed by atoms with Gasteiger partial charge in [-0.25, -0.2) is 4.52 Å². The zero-order valence-electron chi connectivity index (χ0n) is 19.1. The van der Waals surface area contributed by atoms with Gasteiger partial charge in [0.25, 0.3) is 17.4 Å². The molecule has 0 bridgehead atoms. The van der Waals surface area contributed by atoms with Crippen molar-refractivity contribution in [1.82, 2.24) is 19.5 Å². The van der Waals surface area contributed by atoms with Gasteiger partial charge in [0.15, 0.2) is 0 Å². The zero-order chi connectivity index (χ0) is 23.8. The molecule has 5 rings (SSSR count). The minimum absolute atomic E-state index is 0.153. The Bertz CT molecular complexity index is 1480. The maximum Gasteiger partial charge on any atom is 0.275 e. The molecule has 172 valence electrons. The van der Waals surface area contributed by atoms with Crippen molar-refractivity contribution in [2.45, 2.75) is 33.2 Å². The standard InChI is InChI=1S/C26H25N5O3/c1-3-17-5-4-6-21(11-17)29-24(32)19-8-7-18-9-10-30(13-20(18)12-19)26(34)22-14-31-23(16(22)2)25(33)27-15-28-31/h4-8,11-12,14-15H,3,9-10,13H2,1-2H3,(H,29,32)(H,27,28,33). The molecule has 2 aromatic carbocycles. The van der Waals surface area contributed by atoms with E-state index in [0.29, 0.717) is 41.7 Å². The Labute approximate surface area is 196 Å². The first-order valence-corrected chi connectivity index (χ1v) is 11.3. The summed E-state index contributed by atoms with van der Waals surface area (Å²) in [6, 6.07) is 13.5. The maximum absolute atomic E-state index is 13.3. The van der Waals surface area contributed by atoms with Gasteiger partial charge in [-0.15, -0.1) is 0 Å². The predicted octanol–water partition coefficient (Wildman–Crippen LogP) is 3.34. The summed E-state index contributed by atoms with van der Waals surface area (Å²) in [4.78, 5) is 42.7. The lowest BCUT2D eigenvalue weighted by molar-refractivity contribution is 0.0734. The highest BCUT2D eigenvalue weighted by atomic mass is 16.2. The summed E-state index contributed by atoms with van der Waals surface area (Å²) in [6.07, 6.45) is 4.51. The van der Waals surface area contributed by atoms with E-state index in [1.807, 2.05) is 42.5 Å². The molecule has 0 saturated carbocycles. The van der Waals surface area contributed by atoms with Gasteiger partial charge in [0.1, 0.15) is 11.8 Å². The summed E-state index contributed by atoms with van der Waals surface area (Å²) in [6.45, 7) is 4.80. The van der Waals surface area contributed by atoms with Crippen LogP contribution < -0.4 is 10.9 Å². The molecule has 3 heterocycles. The van der Waals surface area contributed by atoms with Crippen molar-refractivity contribution in [2.75, 3.05) is 11.9 Å². The number of hydrogen-bond acceptors (Lipinski definition) is 4. The van der Waals surface area contributed by atoms with Crippen LogP contribution in [-0.2, 0) is 19.4 Å². The fourth-order valence-electron chi connectivity index (χ4n) is 4.50. The normalized spacial score (nSPS) is 13.1. The van der Waals surface area contributed by atoms with Crippen LogP contribution in [-0.4, -0.2) is 37.9 Å². The average Bonchev–Trinajstić information content (AvgIpc) is 3.20. The highest BCUT2D eigenvalue weighted by Gasteiger charge is 2.26. The van der Waals surface area contributed by atoms with Crippen LogP contribution in [0.5, 0.6) is 0 Å². The van der Waals surface area contributed by atoms with Gasteiger partial charge >= 0.3 is 0 Å². The quantitative estimate of drug-likeness (QED) is 0.493. The molecule has 2 N–H and O–H groups in total. The number of rotatable bonds is 4. The van der Waals surface area contributed by atoms with E-state index in [2.05, 4.69) is 22.3 Å². The number of hydrogen-bond donors (Lipinski definition) is 2. The number of aromatic nitrogens is 3. The van der Waals surface area contributed by atoms with E-state index in [1.54, 1.807) is 18.0 Å². The lowest BCUT2D eigenvalue weighted by atomic mass is 9.96. The number of H-pyrrole nitrogens is 1. The number of aromatic amines is 1. The van der Waals surface area contributed by atoms with E-state index in [-0.39, 0.29) is 17.4 Å². The van der Waals surface area contributed by atoms with E-state index in [0.717, 1.165) is 28.8 Å². The van der Waals surface area contributed by atoms with Crippen LogP contribution in [0, 0.1) is 6.92 Å². The van der Waals surface area contributed by atoms with Crippen molar-refractivity contribution in [3.63, 3.8) is 0 Å². The second kappa shape index (κ2) is 8.62. The lowest BCUT2D eigenvalue weighted by Crippen LogP contribution is -2.36. The van der Waals surface area contributed by atoms with Crippen molar-refractivity contribution >= 4 is 23.0 Å². The molecule has 2 aromatic heterocycles. The Hall–Kier alpha value is -4.20. The van der Waals surface area contributed by atoms with Crippen LogP contribution in [0.1, 0.15) is 49.9 Å². The zero-order valence-corrected chi connectivity index (χ0v) is 19.1. The molecule has 0 saturated heterocycles. The fourth-order valence-corrected chi connectivity index (χ4v) is 4.50. The van der Waals surface area contributed by atoms with Crippen LogP contribution >= 0.6 is 0 Å². The van der Waals surface area contributed by atoms with E-state index < -0.39 is 0 Å². The number of carbonyl (C=O) groups excluding carboxylic acids is 2. The first kappa shape index (κ1) is 21.6. The van der Waals surface area contributed by atoms with Crippen LogP contribution in [0.3, 0.4) is 0 Å². The van der Waals surface area contributed by atoms with Gasteiger partial charge < -0.3 is 15.2 Å². The van der Waals surface area contributed by atoms with Gasteiger partial charge in [-0.05, 0) is 66.3 Å². The van der Waals surface area contributed by atoms with Gasteiger partial charge in [-0.1, -0.05) is 25.1 Å². The largest absolute Gasteiger partial charge is 0.334 e. The summed E-state index contributed by atoms with van der Waals surface area (Å²) in [5, 5.41) is 7.07. The molecule has 4 aromatic rings. The minimum Gasteiger partial charge on any atom is -0.334 e. The van der Waals surface area contributed by atoms with Gasteiger partial charge in [-0.3, -0.25) is 14.4 Å². The molecular weight excluding hydrogens is 430 g/mol. The van der Waals surface area contributed by atoms with Crippen LogP contribution in [0.25, 0.3) is 5.52 Å². The molecule has 0 spiro atoms. The Morgan fingerprint density at radius 1 is 1.15 bits per heavy atom. The smallest absolute Gasteiger partial charge is 0.275 e. The van der Waals surface area contributed by atoms with Crippen LogP contribution in [0.4, 0.5) is 5.69 Å². The van der Waals surface area contributed by atoms with Crippen molar-refractivity contribution in [3.8, 4) is 0 Å². The molecule has 0 unspecified atom stereocenters. The number of carbonyl (C=O) groups is 2. The first-order chi connectivity index (χ1) is 16.4. The fraction of sp³-hybridized carbons (Fsp3) is 0.231. The summed E-state index contributed by atoms with van der Waals surface area (Å²) >= 11 is 0. The van der Waals surface area contributed by atoms with Crippen molar-refractivity contribution in [1.29, 1.82) is 0 Å². The molecule has 1 aliphatic rings. The molecule has 8 heteroatoms. The molecule has 0 radical (unpaired) electrons. The van der Waals surface area contributed by atoms with E-state index >= 15 is 0 Å². The van der Waals surface area contributed by atoms with E-state index in [9.17, 15) is 14.4 Å². The third kappa shape index (κ3) is 3.87. The third-order valence-electron chi connectivity index (χ3n) is 6.42. The summed E-state index contributed by atoms with van der Waals surface area (Å²) in [5.41, 5.74) is 5.70. The molecule has 0 fully saturated rings. The second-order valence-electron chi connectivity index (χ2n) is 8.55. The Balaban J connectivity index is 1.37. The summed E-state index contributed by atoms with van der Waals surface area (Å²) in [7, 11) is 0. The Morgan fingerprint density at radius 2 is 2.00 bits per heavy atom. The monoisotopic (exact) mass is 455 g/mol. The number of anilines is 1. The summed E-state index contributed by atoms with van der Waals surface area (Å²) < 4.78 is 1.44. The lowest BCUT2D eigenvalue weighted by Gasteiger charge is -2.29. The Morgan fingerprint density at radius 3 is 2.79 bits per heavy atom. The first-order valence-electron chi connectivity index (χ1n) is 11.3. The SMILES string of the molecule is CCc1cccc(NC(=O)c2ccc3c(c2)CN(C(=O)c2cn4nc[nH]c(=O)c4c2C)CC3)c1. The molecule has 0 aliphatic carbocycles. The van der Waals surface area contributed by atoms with Crippen molar-refractivity contribution < 1.29 is 9.59 Å². The highest BCUT2D eigenvalue weighted by molar-refractivity contribution is 6.04. The Kier molecular flexibility index (Phi) is 5.49. The van der Waals surface area contributed by atoms with Gasteiger partial charge in [0.2, 0.25) is 0 Å². The molecular formula is C26H25N5O3. The molecule has 8 nitrogen and oxygen atoms in total. The predicted molar refractivity (Wildman–Crippen MR) is 129 cm³/mol. The third-order valence-corrected chi connectivity index (χ3v) is 6.42. The van der Waals surface area contributed by atoms with Crippen LogP contribution in [0.15, 0.2) is 59.8 Å². The number of nitrogens with one attached hydrogen (secondary N) is 2. The van der Waals surface area contributed by atoms with Crippen LogP contribution in [0.2, 0.25) is 0 Å². The number of fused-ring (bicyclic) bond motifs is 2. The van der Waals surface area contributed by atoms with Gasteiger partial charge in [0, 0.05) is 30.5 Å². The molecule has 1 aliphatic heterocycles. The summed E-state index contributed by atoms with van der Waals surface area (Å²) in [5.74, 6) is -0.335. The van der Waals surface area contributed by atoms with Gasteiger partial charge in [0.05, 0.1) is 5.56 Å². The topological polar surface area (TPSA) is 99.6 Å². The highest BCUT2D eigenvalue weighted by Crippen LogP contribution is 2.24. The second-order valence-corrected chi connectivity index (χ2v) is 8.55. The number of amides is 2.